The number of aliphatic imine (C=N–C) groups is 1. The van der Waals surface area contributed by atoms with Crippen molar-refractivity contribution in [1.82, 2.24) is 14.7 Å². The van der Waals surface area contributed by atoms with Gasteiger partial charge in [0.25, 0.3) is 5.91 Å². The maximum atomic E-state index is 12.0. The fraction of sp³-hybridized carbons (Fsp3) is 0.556. The van der Waals surface area contributed by atoms with E-state index in [1.54, 1.807) is 6.92 Å². The Kier molecular flexibility index (Phi) is 1.86. The van der Waals surface area contributed by atoms with E-state index in [1.807, 2.05) is 0 Å². The molecule has 86 valence electrons. The number of carbonyl (C=O) groups is 3. The van der Waals surface area contributed by atoms with Gasteiger partial charge in [-0.25, -0.2) is 9.59 Å². The highest BCUT2D eigenvalue weighted by molar-refractivity contribution is 6.28. The average Bonchev–Trinajstić information content (AvgIpc) is 2.49. The molecular formula is C9H12N4O3. The lowest BCUT2D eigenvalue weighted by Gasteiger charge is -2.41. The van der Waals surface area contributed by atoms with Crippen LogP contribution in [0.5, 0.6) is 0 Å². The van der Waals surface area contributed by atoms with Gasteiger partial charge < -0.3 is 4.90 Å². The molecule has 2 aliphatic rings. The molecule has 7 nitrogen and oxygen atoms in total. The monoisotopic (exact) mass is 224 g/mol. The van der Waals surface area contributed by atoms with Crippen molar-refractivity contribution in [3.63, 3.8) is 0 Å². The van der Waals surface area contributed by atoms with Crippen LogP contribution in [0.15, 0.2) is 4.99 Å². The van der Waals surface area contributed by atoms with Crippen LogP contribution < -0.4 is 0 Å². The van der Waals surface area contributed by atoms with Crippen molar-refractivity contribution in [2.75, 3.05) is 21.1 Å². The number of urea groups is 2. The van der Waals surface area contributed by atoms with Crippen molar-refractivity contribution >= 4 is 23.8 Å². The standard InChI is InChI=1S/C9H12N4O3/c1-9-5(10-7(15)13(9)4)11(2)8(16)12(3)6(9)14/h1-4H3. The SMILES string of the molecule is CN1C(=O)N(C)C2=NC(=O)N(C)C2(C)C1=O. The molecule has 0 aliphatic carbocycles. The molecular weight excluding hydrogens is 212 g/mol. The summed E-state index contributed by atoms with van der Waals surface area (Å²) in [4.78, 5) is 42.4. The maximum absolute atomic E-state index is 12.0. The van der Waals surface area contributed by atoms with Crippen LogP contribution in [0.3, 0.4) is 0 Å². The van der Waals surface area contributed by atoms with E-state index in [-0.39, 0.29) is 5.84 Å². The first kappa shape index (κ1) is 10.6. The number of hydrogen-bond acceptors (Lipinski definition) is 3. The van der Waals surface area contributed by atoms with Crippen molar-refractivity contribution in [3.05, 3.63) is 0 Å². The summed E-state index contributed by atoms with van der Waals surface area (Å²) in [5.41, 5.74) is -1.17. The van der Waals surface area contributed by atoms with Crippen LogP contribution in [0.2, 0.25) is 0 Å². The van der Waals surface area contributed by atoms with Gasteiger partial charge in [0.15, 0.2) is 11.4 Å². The van der Waals surface area contributed by atoms with Gasteiger partial charge in [0, 0.05) is 21.1 Å². The Morgan fingerprint density at radius 3 is 2.19 bits per heavy atom. The van der Waals surface area contributed by atoms with Crippen LogP contribution in [0.25, 0.3) is 0 Å². The molecule has 0 N–H and O–H groups in total. The molecule has 1 saturated heterocycles. The fourth-order valence-corrected chi connectivity index (χ4v) is 1.99. The molecule has 1 fully saturated rings. The summed E-state index contributed by atoms with van der Waals surface area (Å²) < 4.78 is 0. The third-order valence-corrected chi connectivity index (χ3v) is 3.21. The highest BCUT2D eigenvalue weighted by atomic mass is 16.2. The summed E-state index contributed by atoms with van der Waals surface area (Å²) in [6, 6.07) is -0.995. The quantitative estimate of drug-likeness (QED) is 0.568. The largest absolute Gasteiger partial charge is 0.346 e. The Labute approximate surface area is 92.3 Å². The Morgan fingerprint density at radius 2 is 1.62 bits per heavy atom. The van der Waals surface area contributed by atoms with Gasteiger partial charge in [-0.2, -0.15) is 4.99 Å². The number of nitrogens with zero attached hydrogens (tertiary/aromatic N) is 4. The Bertz CT molecular complexity index is 444. The lowest BCUT2D eigenvalue weighted by Crippen LogP contribution is -2.69. The summed E-state index contributed by atoms with van der Waals surface area (Å²) in [6.07, 6.45) is 0. The van der Waals surface area contributed by atoms with Crippen LogP contribution in [-0.4, -0.2) is 65.2 Å². The highest BCUT2D eigenvalue weighted by Crippen LogP contribution is 2.30. The van der Waals surface area contributed by atoms with Gasteiger partial charge in [-0.05, 0) is 6.92 Å². The summed E-state index contributed by atoms with van der Waals surface area (Å²) >= 11 is 0. The van der Waals surface area contributed by atoms with Gasteiger partial charge in [0.05, 0.1) is 0 Å². The first-order chi connectivity index (χ1) is 7.31. The zero-order valence-electron chi connectivity index (χ0n) is 9.51. The third kappa shape index (κ3) is 0.923. The van der Waals surface area contributed by atoms with E-state index in [9.17, 15) is 14.4 Å². The van der Waals surface area contributed by atoms with Gasteiger partial charge >= 0.3 is 12.1 Å². The Morgan fingerprint density at radius 1 is 1.06 bits per heavy atom. The summed E-state index contributed by atoms with van der Waals surface area (Å²) in [6.45, 7) is 1.58. The fourth-order valence-electron chi connectivity index (χ4n) is 1.99. The molecule has 16 heavy (non-hydrogen) atoms. The molecule has 1 unspecified atom stereocenters. The number of carbonyl (C=O) groups excluding carboxylic acids is 3. The predicted molar refractivity (Wildman–Crippen MR) is 54.9 cm³/mol. The molecule has 0 aromatic carbocycles. The van der Waals surface area contributed by atoms with Crippen LogP contribution in [0, 0.1) is 0 Å². The molecule has 0 bridgehead atoms. The number of rotatable bonds is 0. The number of amides is 5. The van der Waals surface area contributed by atoms with Crippen molar-refractivity contribution in [1.29, 1.82) is 0 Å². The number of hydrogen-bond donors (Lipinski definition) is 0. The number of amidine groups is 1. The lowest BCUT2D eigenvalue weighted by molar-refractivity contribution is -0.135. The predicted octanol–water partition coefficient (Wildman–Crippen LogP) is -0.267. The van der Waals surface area contributed by atoms with E-state index in [4.69, 9.17) is 0 Å². The average molecular weight is 224 g/mol. The van der Waals surface area contributed by atoms with Crippen molar-refractivity contribution in [2.24, 2.45) is 4.99 Å². The third-order valence-electron chi connectivity index (χ3n) is 3.21. The minimum absolute atomic E-state index is 0.188. The minimum Gasteiger partial charge on any atom is -0.305 e. The lowest BCUT2D eigenvalue weighted by atomic mass is 9.95. The molecule has 7 heteroatoms. The molecule has 2 rings (SSSR count). The van der Waals surface area contributed by atoms with Crippen LogP contribution in [-0.2, 0) is 4.79 Å². The molecule has 0 saturated carbocycles. The second kappa shape index (κ2) is 2.81. The first-order valence-electron chi connectivity index (χ1n) is 4.74. The van der Waals surface area contributed by atoms with Gasteiger partial charge in [-0.1, -0.05) is 0 Å². The maximum Gasteiger partial charge on any atom is 0.346 e. The molecule has 2 heterocycles. The summed E-state index contributed by atoms with van der Waals surface area (Å²) in [7, 11) is 4.38. The molecule has 0 aromatic heterocycles. The summed E-state index contributed by atoms with van der Waals surface area (Å²) in [5, 5.41) is 0. The van der Waals surface area contributed by atoms with Crippen LogP contribution >= 0.6 is 0 Å². The van der Waals surface area contributed by atoms with E-state index in [0.717, 1.165) is 4.90 Å². The second-order valence-electron chi connectivity index (χ2n) is 4.05. The van der Waals surface area contributed by atoms with E-state index in [0.29, 0.717) is 0 Å². The van der Waals surface area contributed by atoms with Crippen molar-refractivity contribution < 1.29 is 14.4 Å². The van der Waals surface area contributed by atoms with Crippen LogP contribution in [0.4, 0.5) is 9.59 Å². The van der Waals surface area contributed by atoms with Gasteiger partial charge in [-0.15, -0.1) is 0 Å². The minimum atomic E-state index is -1.17. The molecule has 2 aliphatic heterocycles. The Hall–Kier alpha value is -1.92. The van der Waals surface area contributed by atoms with Gasteiger partial charge in [0.2, 0.25) is 0 Å². The zero-order valence-corrected chi connectivity index (χ0v) is 9.51. The molecule has 0 spiro atoms. The van der Waals surface area contributed by atoms with E-state index >= 15 is 0 Å². The smallest absolute Gasteiger partial charge is 0.305 e. The van der Waals surface area contributed by atoms with E-state index in [1.165, 1.54) is 30.9 Å². The number of fused-ring (bicyclic) bond motifs is 1. The second-order valence-corrected chi connectivity index (χ2v) is 4.05. The highest BCUT2D eigenvalue weighted by Gasteiger charge is 2.57. The van der Waals surface area contributed by atoms with Crippen molar-refractivity contribution in [3.8, 4) is 0 Å². The van der Waals surface area contributed by atoms with Crippen molar-refractivity contribution in [2.45, 2.75) is 12.5 Å². The number of imide groups is 1. The topological polar surface area (TPSA) is 73.3 Å². The molecule has 0 radical (unpaired) electrons. The summed E-state index contributed by atoms with van der Waals surface area (Å²) in [5.74, 6) is -0.254. The first-order valence-corrected chi connectivity index (χ1v) is 4.74. The number of likely N-dealkylation sites (N-methyl/N-ethyl adjacent to an activating group) is 3. The van der Waals surface area contributed by atoms with E-state index < -0.39 is 23.5 Å². The molecule has 0 aromatic rings. The molecule has 1 atom stereocenters. The van der Waals surface area contributed by atoms with Crippen LogP contribution in [0.1, 0.15) is 6.92 Å². The zero-order chi connectivity index (χ0) is 12.2. The van der Waals surface area contributed by atoms with Gasteiger partial charge in [-0.3, -0.25) is 14.6 Å². The van der Waals surface area contributed by atoms with Gasteiger partial charge in [0.1, 0.15) is 0 Å². The Balaban J connectivity index is 2.60. The van der Waals surface area contributed by atoms with E-state index in [2.05, 4.69) is 4.99 Å². The normalized spacial score (nSPS) is 29.9. The molecule has 5 amide bonds.